The quantitative estimate of drug-likeness (QED) is 0.653. The van der Waals surface area contributed by atoms with Crippen LogP contribution in [0.2, 0.25) is 0 Å². The molecule has 0 saturated heterocycles. The van der Waals surface area contributed by atoms with Gasteiger partial charge in [0.25, 0.3) is 5.91 Å². The van der Waals surface area contributed by atoms with Gasteiger partial charge in [-0.25, -0.2) is 0 Å². The fourth-order valence-electron chi connectivity index (χ4n) is 1.87. The molecule has 0 saturated carbocycles. The molecule has 3 rings (SSSR count). The predicted molar refractivity (Wildman–Crippen MR) is 62.3 cm³/mol. The minimum absolute atomic E-state index is 0.0972. The van der Waals surface area contributed by atoms with Crippen LogP contribution in [0.4, 0.5) is 0 Å². The van der Waals surface area contributed by atoms with Gasteiger partial charge in [-0.3, -0.25) is 9.89 Å². The fourth-order valence-corrected chi connectivity index (χ4v) is 1.87. The number of carbonyl (C=O) groups excluding carboxylic acids is 1. The zero-order valence-electron chi connectivity index (χ0n) is 9.51. The number of hydrogen-bond donors (Lipinski definition) is 2. The molecule has 1 heterocycles. The van der Waals surface area contributed by atoms with Crippen molar-refractivity contribution >= 4 is 16.8 Å². The Balaban J connectivity index is 1.99. The van der Waals surface area contributed by atoms with Gasteiger partial charge in [-0.05, 0) is 38.5 Å². The van der Waals surface area contributed by atoms with Gasteiger partial charge in [-0.15, -0.1) is 0 Å². The molecule has 0 bridgehead atoms. The molecule has 1 aromatic rings. The van der Waals surface area contributed by atoms with Crippen molar-refractivity contribution in [3.8, 4) is 11.1 Å². The molecule has 1 aromatic heterocycles. The first kappa shape index (κ1) is 9.39. The van der Waals surface area contributed by atoms with Crippen LogP contribution in [0.5, 0.6) is 0 Å². The number of H-pyrrole nitrogens is 1. The van der Waals surface area contributed by atoms with E-state index in [1.807, 2.05) is 26.8 Å². The third kappa shape index (κ3) is 1.30. The smallest absolute Gasteiger partial charge is 0.270 e. The summed E-state index contributed by atoms with van der Waals surface area (Å²) >= 11 is 0. The number of carbonyl (C=O) groups is 1. The maximum Gasteiger partial charge on any atom is 0.270 e. The second kappa shape index (κ2) is 2.64. The molecule has 16 heavy (non-hydrogen) atoms. The fraction of sp³-hybridized carbons (Fsp3) is 0.333. The van der Waals surface area contributed by atoms with Gasteiger partial charge in [0.15, 0.2) is 0 Å². The van der Waals surface area contributed by atoms with Crippen LogP contribution in [0.15, 0.2) is 12.1 Å². The van der Waals surface area contributed by atoms with Crippen molar-refractivity contribution < 1.29 is 4.79 Å². The summed E-state index contributed by atoms with van der Waals surface area (Å²) < 4.78 is 0. The lowest BCUT2D eigenvalue weighted by atomic mass is 10.1. The van der Waals surface area contributed by atoms with Gasteiger partial charge in [0.1, 0.15) is 11.2 Å². The molecule has 0 aromatic carbocycles. The molecule has 2 N–H and O–H groups in total. The van der Waals surface area contributed by atoms with Gasteiger partial charge in [-0.2, -0.15) is 5.10 Å². The van der Waals surface area contributed by atoms with Crippen LogP contribution < -0.4 is 5.32 Å². The Morgan fingerprint density at radius 1 is 1.38 bits per heavy atom. The van der Waals surface area contributed by atoms with Crippen LogP contribution in [0.25, 0.3) is 22.0 Å². The van der Waals surface area contributed by atoms with Crippen LogP contribution in [0, 0.1) is 0 Å². The summed E-state index contributed by atoms with van der Waals surface area (Å²) in [5.41, 5.74) is 3.61. The van der Waals surface area contributed by atoms with Gasteiger partial charge in [0.05, 0.1) is 0 Å². The van der Waals surface area contributed by atoms with E-state index in [0.717, 1.165) is 10.9 Å². The molecule has 0 atom stereocenters. The molecule has 4 nitrogen and oxygen atoms in total. The summed E-state index contributed by atoms with van der Waals surface area (Å²) in [6.07, 6.45) is 0. The number of rotatable bonds is 1. The van der Waals surface area contributed by atoms with Crippen LogP contribution in [-0.4, -0.2) is 21.6 Å². The van der Waals surface area contributed by atoms with E-state index in [9.17, 15) is 4.79 Å². The standard InChI is InChI=1S/C12H13N3O/c1-12(2,3)13-11(16)10-8-5-6-4-7(6)9(8)14-15-10/h4-5H,1-3H3,(H,13,16)(H,14,15). The minimum Gasteiger partial charge on any atom is -0.346 e. The zero-order chi connectivity index (χ0) is 11.5. The van der Waals surface area contributed by atoms with E-state index in [4.69, 9.17) is 0 Å². The first-order valence-corrected chi connectivity index (χ1v) is 5.31. The summed E-state index contributed by atoms with van der Waals surface area (Å²) in [7, 11) is 0. The Kier molecular flexibility index (Phi) is 1.55. The van der Waals surface area contributed by atoms with Crippen molar-refractivity contribution in [2.24, 2.45) is 0 Å². The van der Waals surface area contributed by atoms with E-state index in [0.29, 0.717) is 5.69 Å². The molecule has 2 aliphatic rings. The number of aromatic nitrogens is 2. The third-order valence-corrected chi connectivity index (χ3v) is 2.60. The van der Waals surface area contributed by atoms with Crippen LogP contribution >= 0.6 is 0 Å². The van der Waals surface area contributed by atoms with Crippen LogP contribution in [0.3, 0.4) is 0 Å². The van der Waals surface area contributed by atoms with Crippen molar-refractivity contribution in [3.05, 3.63) is 17.8 Å². The molecule has 1 amide bonds. The first-order valence-electron chi connectivity index (χ1n) is 5.31. The number of hydrogen-bond acceptors (Lipinski definition) is 2. The molecular formula is C12H13N3O. The first-order chi connectivity index (χ1) is 7.46. The zero-order valence-corrected chi connectivity index (χ0v) is 9.51. The Morgan fingerprint density at radius 3 is 2.81 bits per heavy atom. The van der Waals surface area contributed by atoms with E-state index in [1.165, 1.54) is 11.1 Å². The molecule has 82 valence electrons. The third-order valence-electron chi connectivity index (χ3n) is 2.60. The number of nitrogens with one attached hydrogen (secondary N) is 2. The molecule has 4 heteroatoms. The number of amides is 1. The SMILES string of the molecule is CC(C)(C)NC(=O)c1[nH]nc2c3cc-3cc12. The van der Waals surface area contributed by atoms with Crippen molar-refractivity contribution in [3.63, 3.8) is 0 Å². The minimum atomic E-state index is -0.233. The second-order valence-electron chi connectivity index (χ2n) is 5.22. The Bertz CT molecular complexity index is 604. The van der Waals surface area contributed by atoms with Gasteiger partial charge >= 0.3 is 0 Å². The van der Waals surface area contributed by atoms with E-state index in [-0.39, 0.29) is 11.4 Å². The van der Waals surface area contributed by atoms with Crippen molar-refractivity contribution in [2.45, 2.75) is 26.3 Å². The molecular weight excluding hydrogens is 202 g/mol. The average Bonchev–Trinajstić information content (AvgIpc) is 2.64. The van der Waals surface area contributed by atoms with Crippen molar-refractivity contribution in [1.29, 1.82) is 0 Å². The van der Waals surface area contributed by atoms with Gasteiger partial charge < -0.3 is 5.32 Å². The highest BCUT2D eigenvalue weighted by atomic mass is 16.2. The van der Waals surface area contributed by atoms with E-state index in [1.54, 1.807) is 0 Å². The van der Waals surface area contributed by atoms with Gasteiger partial charge in [0, 0.05) is 16.5 Å². The Hall–Kier alpha value is -1.84. The summed E-state index contributed by atoms with van der Waals surface area (Å²) in [6.45, 7) is 5.87. The highest BCUT2D eigenvalue weighted by Crippen LogP contribution is 2.42. The number of nitrogens with zero attached hydrogens (tertiary/aromatic N) is 1. The largest absolute Gasteiger partial charge is 0.346 e. The van der Waals surface area contributed by atoms with E-state index >= 15 is 0 Å². The van der Waals surface area contributed by atoms with Gasteiger partial charge in [-0.1, -0.05) is 0 Å². The van der Waals surface area contributed by atoms with Gasteiger partial charge in [0.2, 0.25) is 0 Å². The summed E-state index contributed by atoms with van der Waals surface area (Å²) in [5, 5.41) is 10.8. The number of aromatic amines is 1. The highest BCUT2D eigenvalue weighted by Gasteiger charge is 2.25. The highest BCUT2D eigenvalue weighted by molar-refractivity contribution is 6.14. The van der Waals surface area contributed by atoms with E-state index < -0.39 is 0 Å². The lowest BCUT2D eigenvalue weighted by Gasteiger charge is -2.19. The molecule has 0 radical (unpaired) electrons. The summed E-state index contributed by atoms with van der Waals surface area (Å²) in [4.78, 5) is 12.0. The van der Waals surface area contributed by atoms with Crippen molar-refractivity contribution in [2.75, 3.05) is 0 Å². The van der Waals surface area contributed by atoms with Crippen molar-refractivity contribution in [1.82, 2.24) is 15.5 Å². The van der Waals surface area contributed by atoms with Crippen LogP contribution in [0.1, 0.15) is 31.3 Å². The molecule has 0 spiro atoms. The maximum absolute atomic E-state index is 12.0. The van der Waals surface area contributed by atoms with Crippen LogP contribution in [-0.2, 0) is 0 Å². The number of benzene rings is 1. The molecule has 2 aliphatic carbocycles. The van der Waals surface area contributed by atoms with E-state index in [2.05, 4.69) is 21.6 Å². The lowest BCUT2D eigenvalue weighted by Crippen LogP contribution is -2.40. The average molecular weight is 215 g/mol. The Morgan fingerprint density at radius 2 is 2.12 bits per heavy atom. The normalized spacial score (nSPS) is 12.9. The molecule has 0 unspecified atom stereocenters. The predicted octanol–water partition coefficient (Wildman–Crippen LogP) is 2.07. The number of fused-ring (bicyclic) bond motifs is 3. The summed E-state index contributed by atoms with van der Waals surface area (Å²) in [6, 6.07) is 4.07. The lowest BCUT2D eigenvalue weighted by molar-refractivity contribution is 0.0916. The molecule has 0 aliphatic heterocycles. The monoisotopic (exact) mass is 215 g/mol. The summed E-state index contributed by atoms with van der Waals surface area (Å²) in [5.74, 6) is -0.0972. The maximum atomic E-state index is 12.0. The molecule has 0 fully saturated rings. The topological polar surface area (TPSA) is 57.8 Å². The second-order valence-corrected chi connectivity index (χ2v) is 5.22. The Labute approximate surface area is 93.0 Å².